The third kappa shape index (κ3) is 3.16. The van der Waals surface area contributed by atoms with Gasteiger partial charge in [-0.25, -0.2) is 0 Å². The van der Waals surface area contributed by atoms with Gasteiger partial charge >= 0.3 is 0 Å². The van der Waals surface area contributed by atoms with Crippen molar-refractivity contribution in [1.29, 1.82) is 0 Å². The molecule has 0 saturated carbocycles. The van der Waals surface area contributed by atoms with Gasteiger partial charge in [0.1, 0.15) is 0 Å². The Bertz CT molecular complexity index is 1010. The van der Waals surface area contributed by atoms with E-state index in [9.17, 15) is 0 Å². The largest absolute Gasteiger partial charge is 0.304 e. The molecule has 4 rings (SSSR count). The Morgan fingerprint density at radius 1 is 0.600 bits per heavy atom. The Balaban J connectivity index is 1.61. The smallest absolute Gasteiger partial charge is 0.0303 e. The van der Waals surface area contributed by atoms with Crippen molar-refractivity contribution in [2.24, 2.45) is 0 Å². The third-order valence-electron chi connectivity index (χ3n) is 5.06. The maximum absolute atomic E-state index is 3.77. The van der Waals surface area contributed by atoms with Crippen molar-refractivity contribution in [1.82, 2.24) is 5.32 Å². The van der Waals surface area contributed by atoms with Gasteiger partial charge in [0, 0.05) is 12.1 Å². The van der Waals surface area contributed by atoms with Gasteiger partial charge in [0.2, 0.25) is 0 Å². The van der Waals surface area contributed by atoms with Crippen LogP contribution in [0, 0.1) is 0 Å². The highest BCUT2D eigenvalue weighted by Crippen LogP contribution is 2.27. The number of fused-ring (bicyclic) bond motifs is 2. The zero-order chi connectivity index (χ0) is 17.2. The zero-order valence-corrected chi connectivity index (χ0v) is 14.7. The van der Waals surface area contributed by atoms with E-state index < -0.39 is 0 Å². The van der Waals surface area contributed by atoms with Gasteiger partial charge < -0.3 is 5.32 Å². The summed E-state index contributed by atoms with van der Waals surface area (Å²) in [6, 6.07) is 31.0. The lowest BCUT2D eigenvalue weighted by atomic mass is 9.97. The first-order valence-electron chi connectivity index (χ1n) is 8.95. The summed E-state index contributed by atoms with van der Waals surface area (Å²) < 4.78 is 0. The maximum atomic E-state index is 3.77. The SMILES string of the molecule is C[C@H](N[C@H](C)c1cccc2ccccc12)c1ccc2ccccc2c1. The highest BCUT2D eigenvalue weighted by atomic mass is 14.9. The van der Waals surface area contributed by atoms with E-state index >= 15 is 0 Å². The minimum absolute atomic E-state index is 0.285. The molecule has 0 aliphatic heterocycles. The van der Waals surface area contributed by atoms with E-state index in [0.29, 0.717) is 6.04 Å². The maximum Gasteiger partial charge on any atom is 0.0303 e. The molecule has 0 amide bonds. The molecule has 1 N–H and O–H groups in total. The van der Waals surface area contributed by atoms with Crippen LogP contribution in [0.25, 0.3) is 21.5 Å². The van der Waals surface area contributed by atoms with Gasteiger partial charge in [-0.15, -0.1) is 0 Å². The Labute approximate surface area is 149 Å². The average molecular weight is 325 g/mol. The first-order chi connectivity index (χ1) is 12.2. The van der Waals surface area contributed by atoms with Gasteiger partial charge in [-0.2, -0.15) is 0 Å². The van der Waals surface area contributed by atoms with Crippen molar-refractivity contribution < 1.29 is 0 Å². The molecular weight excluding hydrogens is 302 g/mol. The molecular formula is C24H23N. The van der Waals surface area contributed by atoms with E-state index in [1.807, 2.05) is 0 Å². The van der Waals surface area contributed by atoms with Gasteiger partial charge in [0.05, 0.1) is 0 Å². The van der Waals surface area contributed by atoms with Crippen LogP contribution in [0.2, 0.25) is 0 Å². The second-order valence-electron chi connectivity index (χ2n) is 6.79. The minimum Gasteiger partial charge on any atom is -0.304 e. The Hall–Kier alpha value is -2.64. The number of benzene rings is 4. The van der Waals surface area contributed by atoms with Crippen LogP contribution in [-0.4, -0.2) is 0 Å². The van der Waals surface area contributed by atoms with E-state index in [1.165, 1.54) is 32.7 Å². The quantitative estimate of drug-likeness (QED) is 0.457. The Morgan fingerprint density at radius 2 is 1.28 bits per heavy atom. The molecule has 1 nitrogen and oxygen atoms in total. The van der Waals surface area contributed by atoms with Gasteiger partial charge in [0.25, 0.3) is 0 Å². The average Bonchev–Trinajstić information content (AvgIpc) is 2.67. The topological polar surface area (TPSA) is 12.0 Å². The van der Waals surface area contributed by atoms with Crippen LogP contribution in [-0.2, 0) is 0 Å². The van der Waals surface area contributed by atoms with E-state index in [4.69, 9.17) is 0 Å². The Kier molecular flexibility index (Phi) is 4.25. The summed E-state index contributed by atoms with van der Waals surface area (Å²) in [6.07, 6.45) is 0. The highest BCUT2D eigenvalue weighted by Gasteiger charge is 2.13. The van der Waals surface area contributed by atoms with Crippen LogP contribution in [0.5, 0.6) is 0 Å². The monoisotopic (exact) mass is 325 g/mol. The van der Waals surface area contributed by atoms with Crippen molar-refractivity contribution in [3.63, 3.8) is 0 Å². The molecule has 1 heteroatoms. The number of hydrogen-bond donors (Lipinski definition) is 1. The van der Waals surface area contributed by atoms with E-state index in [2.05, 4.69) is 104 Å². The van der Waals surface area contributed by atoms with E-state index in [1.54, 1.807) is 0 Å². The second kappa shape index (κ2) is 6.70. The lowest BCUT2D eigenvalue weighted by molar-refractivity contribution is 0.497. The van der Waals surface area contributed by atoms with Gasteiger partial charge in [-0.3, -0.25) is 0 Å². The summed E-state index contributed by atoms with van der Waals surface area (Å²) in [5.74, 6) is 0. The molecule has 124 valence electrons. The molecule has 0 aliphatic carbocycles. The molecule has 0 bridgehead atoms. The van der Waals surface area contributed by atoms with Crippen molar-refractivity contribution in [2.45, 2.75) is 25.9 Å². The third-order valence-corrected chi connectivity index (χ3v) is 5.06. The second-order valence-corrected chi connectivity index (χ2v) is 6.79. The summed E-state index contributed by atoms with van der Waals surface area (Å²) in [5.41, 5.74) is 2.68. The fourth-order valence-electron chi connectivity index (χ4n) is 3.67. The minimum atomic E-state index is 0.285. The van der Waals surface area contributed by atoms with Gasteiger partial charge in [-0.05, 0) is 52.6 Å². The molecule has 0 aromatic heterocycles. The predicted molar refractivity (Wildman–Crippen MR) is 108 cm³/mol. The van der Waals surface area contributed by atoms with Crippen molar-refractivity contribution >= 4 is 21.5 Å². The lowest BCUT2D eigenvalue weighted by Crippen LogP contribution is -2.22. The molecule has 0 unspecified atom stereocenters. The summed E-state index contributed by atoms with van der Waals surface area (Å²) >= 11 is 0. The molecule has 0 fully saturated rings. The molecule has 0 saturated heterocycles. The van der Waals surface area contributed by atoms with Gasteiger partial charge in [0.15, 0.2) is 0 Å². The van der Waals surface area contributed by atoms with Crippen LogP contribution in [0.3, 0.4) is 0 Å². The van der Waals surface area contributed by atoms with Crippen LogP contribution >= 0.6 is 0 Å². The predicted octanol–water partition coefficient (Wildman–Crippen LogP) is 6.40. The Morgan fingerprint density at radius 3 is 2.12 bits per heavy atom. The zero-order valence-electron chi connectivity index (χ0n) is 14.7. The molecule has 4 aromatic carbocycles. The van der Waals surface area contributed by atoms with Crippen LogP contribution in [0.4, 0.5) is 0 Å². The van der Waals surface area contributed by atoms with Crippen LogP contribution < -0.4 is 5.32 Å². The summed E-state index contributed by atoms with van der Waals surface area (Å²) in [4.78, 5) is 0. The molecule has 4 aromatic rings. The fraction of sp³-hybridized carbons (Fsp3) is 0.167. The van der Waals surface area contributed by atoms with Crippen molar-refractivity contribution in [3.05, 3.63) is 96.1 Å². The van der Waals surface area contributed by atoms with Crippen molar-refractivity contribution in [3.8, 4) is 0 Å². The number of nitrogens with one attached hydrogen (secondary N) is 1. The van der Waals surface area contributed by atoms with Gasteiger partial charge in [-0.1, -0.05) is 78.9 Å². The summed E-state index contributed by atoms with van der Waals surface area (Å²) in [6.45, 7) is 4.49. The van der Waals surface area contributed by atoms with E-state index in [-0.39, 0.29) is 6.04 Å². The molecule has 0 heterocycles. The summed E-state index contributed by atoms with van der Waals surface area (Å²) in [5, 5.41) is 8.99. The number of hydrogen-bond acceptors (Lipinski definition) is 1. The highest BCUT2D eigenvalue weighted by molar-refractivity contribution is 5.86. The lowest BCUT2D eigenvalue weighted by Gasteiger charge is -2.22. The van der Waals surface area contributed by atoms with Crippen molar-refractivity contribution in [2.75, 3.05) is 0 Å². The molecule has 0 radical (unpaired) electrons. The summed E-state index contributed by atoms with van der Waals surface area (Å²) in [7, 11) is 0. The molecule has 0 aliphatic rings. The van der Waals surface area contributed by atoms with E-state index in [0.717, 1.165) is 0 Å². The molecule has 25 heavy (non-hydrogen) atoms. The molecule has 0 spiro atoms. The van der Waals surface area contributed by atoms with Crippen LogP contribution in [0.15, 0.2) is 84.9 Å². The first kappa shape index (κ1) is 15.9. The van der Waals surface area contributed by atoms with Crippen LogP contribution in [0.1, 0.15) is 37.1 Å². The molecule has 2 atom stereocenters. The first-order valence-corrected chi connectivity index (χ1v) is 8.95. The number of rotatable bonds is 4. The standard InChI is InChI=1S/C24H23N/c1-17(21-15-14-19-8-3-4-10-22(19)16-21)25-18(2)23-13-7-11-20-9-5-6-12-24(20)23/h3-18,25H,1-2H3/t17-,18+/m0/s1. The fourth-order valence-corrected chi connectivity index (χ4v) is 3.67. The normalized spacial score (nSPS) is 13.8.